The fourth-order valence-corrected chi connectivity index (χ4v) is 3.51. The molecule has 0 spiro atoms. The van der Waals surface area contributed by atoms with Crippen LogP contribution in [-0.4, -0.2) is 0 Å². The van der Waals surface area contributed by atoms with Gasteiger partial charge in [0.15, 0.2) is 0 Å². The van der Waals surface area contributed by atoms with Crippen LogP contribution < -0.4 is 9.47 Å². The Balaban J connectivity index is 1.34. The standard InChI is InChI=1S/C29H28O2/c1-21-4-12-26(13-5-21)30-28-16-8-24(9-17-28)20-23(3)25-10-18-29(19-11-25)31-27-14-6-22(2)7-15-27/h4-19,23H,20H2,1-3H3. The molecule has 4 aromatic rings. The van der Waals surface area contributed by atoms with Crippen LogP contribution in [0.3, 0.4) is 0 Å². The second-order valence-electron chi connectivity index (χ2n) is 8.15. The van der Waals surface area contributed by atoms with Crippen molar-refractivity contribution in [2.75, 3.05) is 0 Å². The van der Waals surface area contributed by atoms with Crippen LogP contribution >= 0.6 is 0 Å². The van der Waals surface area contributed by atoms with Crippen LogP contribution in [0, 0.1) is 13.8 Å². The molecule has 31 heavy (non-hydrogen) atoms. The largest absolute Gasteiger partial charge is 0.457 e. The summed E-state index contributed by atoms with van der Waals surface area (Å²) in [6, 6.07) is 33.0. The van der Waals surface area contributed by atoms with Crippen molar-refractivity contribution in [2.45, 2.75) is 33.1 Å². The van der Waals surface area contributed by atoms with E-state index in [1.165, 1.54) is 22.3 Å². The van der Waals surface area contributed by atoms with Gasteiger partial charge in [-0.15, -0.1) is 0 Å². The highest BCUT2D eigenvalue weighted by molar-refractivity contribution is 5.37. The zero-order valence-corrected chi connectivity index (χ0v) is 18.3. The van der Waals surface area contributed by atoms with E-state index >= 15 is 0 Å². The highest BCUT2D eigenvalue weighted by Crippen LogP contribution is 2.27. The molecule has 156 valence electrons. The van der Waals surface area contributed by atoms with Gasteiger partial charge in [-0.2, -0.15) is 0 Å². The summed E-state index contributed by atoms with van der Waals surface area (Å²) in [5, 5.41) is 0. The van der Waals surface area contributed by atoms with Gasteiger partial charge >= 0.3 is 0 Å². The topological polar surface area (TPSA) is 18.5 Å². The molecule has 1 unspecified atom stereocenters. The number of benzene rings is 4. The van der Waals surface area contributed by atoms with Crippen molar-refractivity contribution in [1.82, 2.24) is 0 Å². The molecular formula is C29H28O2. The lowest BCUT2D eigenvalue weighted by Gasteiger charge is -2.14. The van der Waals surface area contributed by atoms with Crippen LogP contribution in [0.15, 0.2) is 97.1 Å². The van der Waals surface area contributed by atoms with Crippen molar-refractivity contribution < 1.29 is 9.47 Å². The molecule has 4 aromatic carbocycles. The summed E-state index contributed by atoms with van der Waals surface area (Å²) >= 11 is 0. The molecule has 1 atom stereocenters. The molecule has 0 saturated carbocycles. The number of hydrogen-bond acceptors (Lipinski definition) is 2. The maximum absolute atomic E-state index is 5.94. The third kappa shape index (κ3) is 5.76. The summed E-state index contributed by atoms with van der Waals surface area (Å²) in [6.07, 6.45) is 0.975. The van der Waals surface area contributed by atoms with Crippen molar-refractivity contribution in [1.29, 1.82) is 0 Å². The molecule has 0 aliphatic heterocycles. The minimum Gasteiger partial charge on any atom is -0.457 e. The molecule has 0 saturated heterocycles. The van der Waals surface area contributed by atoms with E-state index in [2.05, 4.69) is 69.3 Å². The molecule has 4 rings (SSSR count). The van der Waals surface area contributed by atoms with Gasteiger partial charge in [0, 0.05) is 0 Å². The Hall–Kier alpha value is -3.52. The minimum atomic E-state index is 0.414. The van der Waals surface area contributed by atoms with E-state index in [0.717, 1.165) is 29.4 Å². The Labute approximate surface area is 185 Å². The van der Waals surface area contributed by atoms with Crippen molar-refractivity contribution in [3.8, 4) is 23.0 Å². The fraction of sp³-hybridized carbons (Fsp3) is 0.172. The van der Waals surface area contributed by atoms with Gasteiger partial charge in [-0.25, -0.2) is 0 Å². The maximum atomic E-state index is 5.94. The molecule has 0 bridgehead atoms. The van der Waals surface area contributed by atoms with E-state index in [4.69, 9.17) is 9.47 Å². The molecule has 0 aliphatic carbocycles. The van der Waals surface area contributed by atoms with E-state index in [-0.39, 0.29) is 0 Å². The zero-order chi connectivity index (χ0) is 21.6. The minimum absolute atomic E-state index is 0.414. The monoisotopic (exact) mass is 408 g/mol. The zero-order valence-electron chi connectivity index (χ0n) is 18.3. The predicted octanol–water partition coefficient (Wildman–Crippen LogP) is 8.23. The lowest BCUT2D eigenvalue weighted by atomic mass is 9.94. The van der Waals surface area contributed by atoms with Gasteiger partial charge in [0.05, 0.1) is 0 Å². The van der Waals surface area contributed by atoms with Crippen LogP contribution in [0.5, 0.6) is 23.0 Å². The fourth-order valence-electron chi connectivity index (χ4n) is 3.51. The van der Waals surface area contributed by atoms with Gasteiger partial charge in [-0.1, -0.05) is 66.6 Å². The van der Waals surface area contributed by atoms with Crippen LogP contribution in [0.1, 0.15) is 35.1 Å². The molecule has 0 fully saturated rings. The molecular weight excluding hydrogens is 380 g/mol. The second-order valence-corrected chi connectivity index (χ2v) is 8.15. The maximum Gasteiger partial charge on any atom is 0.127 e. The van der Waals surface area contributed by atoms with Crippen LogP contribution in [0.2, 0.25) is 0 Å². The number of aryl methyl sites for hydroxylation is 2. The SMILES string of the molecule is Cc1ccc(Oc2ccc(CC(C)c3ccc(Oc4ccc(C)cc4)cc3)cc2)cc1. The van der Waals surface area contributed by atoms with E-state index < -0.39 is 0 Å². The van der Waals surface area contributed by atoms with Crippen LogP contribution in [0.4, 0.5) is 0 Å². The van der Waals surface area contributed by atoms with Crippen molar-refractivity contribution in [3.63, 3.8) is 0 Å². The lowest BCUT2D eigenvalue weighted by molar-refractivity contribution is 0.481. The molecule has 0 radical (unpaired) electrons. The van der Waals surface area contributed by atoms with E-state index in [1.807, 2.05) is 48.5 Å². The summed E-state index contributed by atoms with van der Waals surface area (Å²) in [7, 11) is 0. The Morgan fingerprint density at radius 2 is 0.871 bits per heavy atom. The van der Waals surface area contributed by atoms with E-state index in [1.54, 1.807) is 0 Å². The number of hydrogen-bond donors (Lipinski definition) is 0. The molecule has 0 amide bonds. The third-order valence-corrected chi connectivity index (χ3v) is 5.43. The lowest BCUT2D eigenvalue weighted by Crippen LogP contribution is -1.98. The first-order valence-corrected chi connectivity index (χ1v) is 10.7. The van der Waals surface area contributed by atoms with E-state index in [9.17, 15) is 0 Å². The van der Waals surface area contributed by atoms with E-state index in [0.29, 0.717) is 5.92 Å². The Kier molecular flexibility index (Phi) is 6.37. The van der Waals surface area contributed by atoms with Gasteiger partial charge in [0.1, 0.15) is 23.0 Å². The average Bonchev–Trinajstić information content (AvgIpc) is 2.79. The number of ether oxygens (including phenoxy) is 2. The van der Waals surface area contributed by atoms with Gasteiger partial charge in [0.2, 0.25) is 0 Å². The molecule has 0 aromatic heterocycles. The second kappa shape index (κ2) is 9.53. The van der Waals surface area contributed by atoms with Gasteiger partial charge in [0.25, 0.3) is 0 Å². The highest BCUT2D eigenvalue weighted by Gasteiger charge is 2.08. The van der Waals surface area contributed by atoms with Crippen molar-refractivity contribution in [2.24, 2.45) is 0 Å². The molecule has 2 nitrogen and oxygen atoms in total. The predicted molar refractivity (Wildman–Crippen MR) is 128 cm³/mol. The molecule has 0 N–H and O–H groups in total. The van der Waals surface area contributed by atoms with Crippen molar-refractivity contribution in [3.05, 3.63) is 119 Å². The molecule has 0 aliphatic rings. The Bertz CT molecular complexity index is 1090. The number of rotatable bonds is 7. The van der Waals surface area contributed by atoms with Crippen molar-refractivity contribution >= 4 is 0 Å². The van der Waals surface area contributed by atoms with Crippen LogP contribution in [0.25, 0.3) is 0 Å². The summed E-state index contributed by atoms with van der Waals surface area (Å²) in [5.41, 5.74) is 5.05. The first kappa shape index (κ1) is 20.7. The highest BCUT2D eigenvalue weighted by atomic mass is 16.5. The van der Waals surface area contributed by atoms with Crippen LogP contribution in [-0.2, 0) is 6.42 Å². The average molecular weight is 409 g/mol. The van der Waals surface area contributed by atoms with Gasteiger partial charge in [-0.05, 0) is 85.8 Å². The summed E-state index contributed by atoms with van der Waals surface area (Å²) < 4.78 is 11.9. The Morgan fingerprint density at radius 1 is 0.516 bits per heavy atom. The summed E-state index contributed by atoms with van der Waals surface area (Å²) in [6.45, 7) is 6.40. The third-order valence-electron chi connectivity index (χ3n) is 5.43. The first-order valence-electron chi connectivity index (χ1n) is 10.7. The van der Waals surface area contributed by atoms with Gasteiger partial charge in [-0.3, -0.25) is 0 Å². The van der Waals surface area contributed by atoms with Gasteiger partial charge < -0.3 is 9.47 Å². The molecule has 0 heterocycles. The smallest absolute Gasteiger partial charge is 0.127 e. The summed E-state index contributed by atoms with van der Waals surface area (Å²) in [5.74, 6) is 3.85. The summed E-state index contributed by atoms with van der Waals surface area (Å²) in [4.78, 5) is 0. The normalized spacial score (nSPS) is 11.7. The molecule has 2 heteroatoms. The Morgan fingerprint density at radius 3 is 1.29 bits per heavy atom. The quantitative estimate of drug-likeness (QED) is 0.306. The first-order chi connectivity index (χ1) is 15.0.